The Bertz CT molecular complexity index is 258. The molecule has 0 saturated carbocycles. The first-order valence-electron chi connectivity index (χ1n) is 4.10. The van der Waals surface area contributed by atoms with E-state index in [0.717, 1.165) is 5.82 Å². The van der Waals surface area contributed by atoms with Gasteiger partial charge < -0.3 is 5.32 Å². The van der Waals surface area contributed by atoms with Gasteiger partial charge in [0.05, 0.1) is 0 Å². The van der Waals surface area contributed by atoms with Crippen LogP contribution >= 0.6 is 11.8 Å². The van der Waals surface area contributed by atoms with Crippen LogP contribution in [0.5, 0.6) is 0 Å². The van der Waals surface area contributed by atoms with E-state index in [0.29, 0.717) is 6.04 Å². The van der Waals surface area contributed by atoms with Gasteiger partial charge in [0.15, 0.2) is 0 Å². The van der Waals surface area contributed by atoms with Crippen molar-refractivity contribution in [2.45, 2.75) is 13.0 Å². The summed E-state index contributed by atoms with van der Waals surface area (Å²) in [7, 11) is 1.97. The summed E-state index contributed by atoms with van der Waals surface area (Å²) < 4.78 is 1.90. The average Bonchev–Trinajstić information content (AvgIpc) is 2.24. The second-order valence-electron chi connectivity index (χ2n) is 3.17. The lowest BCUT2D eigenvalue weighted by Gasteiger charge is -2.25. The lowest BCUT2D eigenvalue weighted by Crippen LogP contribution is -2.33. The van der Waals surface area contributed by atoms with Gasteiger partial charge >= 0.3 is 0 Å². The Kier molecular flexibility index (Phi) is 2.00. The van der Waals surface area contributed by atoms with Crippen LogP contribution in [0.4, 0.5) is 5.82 Å². The van der Waals surface area contributed by atoms with Crippen LogP contribution in [0.3, 0.4) is 0 Å². The maximum Gasteiger partial charge on any atom is 0.148 e. The van der Waals surface area contributed by atoms with Crippen molar-refractivity contribution in [2.24, 2.45) is 7.05 Å². The third-order valence-corrected chi connectivity index (χ3v) is 3.38. The average molecular weight is 183 g/mol. The molecule has 0 aromatic carbocycles. The van der Waals surface area contributed by atoms with Gasteiger partial charge in [-0.3, -0.25) is 4.68 Å². The number of thioether (sulfide) groups is 1. The first-order chi connectivity index (χ1) is 5.75. The van der Waals surface area contributed by atoms with E-state index in [-0.39, 0.29) is 0 Å². The van der Waals surface area contributed by atoms with Gasteiger partial charge in [0.25, 0.3) is 0 Å². The summed E-state index contributed by atoms with van der Waals surface area (Å²) in [5, 5.41) is 7.72. The molecule has 0 amide bonds. The molecule has 1 saturated heterocycles. The Balaban J connectivity index is 2.02. The van der Waals surface area contributed by atoms with Crippen LogP contribution < -0.4 is 5.32 Å². The number of hydrogen-bond acceptors (Lipinski definition) is 3. The molecule has 2 rings (SSSR count). The van der Waals surface area contributed by atoms with E-state index in [1.54, 1.807) is 0 Å². The number of nitrogens with one attached hydrogen (secondary N) is 1. The zero-order chi connectivity index (χ0) is 8.55. The number of rotatable bonds is 2. The van der Waals surface area contributed by atoms with Crippen molar-refractivity contribution in [1.82, 2.24) is 9.78 Å². The molecule has 4 heteroatoms. The van der Waals surface area contributed by atoms with Crippen LogP contribution in [-0.2, 0) is 7.05 Å². The smallest absolute Gasteiger partial charge is 0.148 e. The van der Waals surface area contributed by atoms with Crippen molar-refractivity contribution in [1.29, 1.82) is 0 Å². The fourth-order valence-electron chi connectivity index (χ4n) is 1.16. The largest absolute Gasteiger partial charge is 0.364 e. The summed E-state index contributed by atoms with van der Waals surface area (Å²) in [5.74, 6) is 3.45. The summed E-state index contributed by atoms with van der Waals surface area (Å²) >= 11 is 1.98. The molecule has 1 aromatic heterocycles. The highest BCUT2D eigenvalue weighted by molar-refractivity contribution is 8.00. The van der Waals surface area contributed by atoms with Crippen LogP contribution in [0, 0.1) is 6.92 Å². The predicted octanol–water partition coefficient (Wildman–Crippen LogP) is 1.26. The molecule has 1 N–H and O–H groups in total. The minimum Gasteiger partial charge on any atom is -0.364 e. The van der Waals surface area contributed by atoms with Crippen molar-refractivity contribution in [3.8, 4) is 0 Å². The van der Waals surface area contributed by atoms with Crippen LogP contribution in [-0.4, -0.2) is 27.3 Å². The second-order valence-corrected chi connectivity index (χ2v) is 4.25. The summed E-state index contributed by atoms with van der Waals surface area (Å²) in [6.07, 6.45) is 0. The summed E-state index contributed by atoms with van der Waals surface area (Å²) in [5.41, 5.74) is 1.20. The van der Waals surface area contributed by atoms with Gasteiger partial charge in [-0.2, -0.15) is 16.9 Å². The quantitative estimate of drug-likeness (QED) is 0.748. The number of aryl methyl sites for hydroxylation is 2. The van der Waals surface area contributed by atoms with Gasteiger partial charge in [-0.25, -0.2) is 0 Å². The number of nitrogens with zero attached hydrogens (tertiary/aromatic N) is 2. The standard InChI is InChI=1S/C8H13N3S/c1-6-3-8(10-11(6)2)9-7-4-12-5-7/h3,7H,4-5H2,1-2H3,(H,9,10). The fraction of sp³-hybridized carbons (Fsp3) is 0.625. The Morgan fingerprint density at radius 2 is 2.42 bits per heavy atom. The lowest BCUT2D eigenvalue weighted by molar-refractivity contribution is 0.736. The van der Waals surface area contributed by atoms with Crippen molar-refractivity contribution < 1.29 is 0 Å². The molecule has 1 fully saturated rings. The normalized spacial score (nSPS) is 17.5. The van der Waals surface area contributed by atoms with Gasteiger partial charge in [-0.05, 0) is 6.92 Å². The van der Waals surface area contributed by atoms with E-state index in [9.17, 15) is 0 Å². The van der Waals surface area contributed by atoms with E-state index in [4.69, 9.17) is 0 Å². The molecular weight excluding hydrogens is 170 g/mol. The van der Waals surface area contributed by atoms with Crippen molar-refractivity contribution in [2.75, 3.05) is 16.8 Å². The Morgan fingerprint density at radius 1 is 1.67 bits per heavy atom. The molecule has 1 aliphatic heterocycles. The van der Waals surface area contributed by atoms with Crippen LogP contribution in [0.2, 0.25) is 0 Å². The van der Waals surface area contributed by atoms with Gasteiger partial charge in [0.2, 0.25) is 0 Å². The van der Waals surface area contributed by atoms with Crippen LogP contribution in [0.25, 0.3) is 0 Å². The zero-order valence-electron chi connectivity index (χ0n) is 7.37. The highest BCUT2D eigenvalue weighted by Gasteiger charge is 2.18. The van der Waals surface area contributed by atoms with E-state index in [1.165, 1.54) is 17.2 Å². The van der Waals surface area contributed by atoms with Crippen molar-refractivity contribution >= 4 is 17.6 Å². The highest BCUT2D eigenvalue weighted by atomic mass is 32.2. The molecule has 1 aromatic rings. The minimum atomic E-state index is 0.643. The molecule has 0 spiro atoms. The SMILES string of the molecule is Cc1cc(NC2CSC2)nn1C. The van der Waals surface area contributed by atoms with Crippen molar-refractivity contribution in [3.63, 3.8) is 0 Å². The Morgan fingerprint density at radius 3 is 2.83 bits per heavy atom. The molecule has 0 bridgehead atoms. The molecule has 3 nitrogen and oxygen atoms in total. The minimum absolute atomic E-state index is 0.643. The summed E-state index contributed by atoms with van der Waals surface area (Å²) in [6, 6.07) is 2.73. The monoisotopic (exact) mass is 183 g/mol. The molecule has 12 heavy (non-hydrogen) atoms. The molecular formula is C8H13N3S. The first kappa shape index (κ1) is 7.98. The van der Waals surface area contributed by atoms with E-state index in [2.05, 4.69) is 23.4 Å². The predicted molar refractivity (Wildman–Crippen MR) is 52.7 cm³/mol. The van der Waals surface area contributed by atoms with Gasteiger partial charge in [0, 0.05) is 36.4 Å². The van der Waals surface area contributed by atoms with Crippen LogP contribution in [0.15, 0.2) is 6.07 Å². The highest BCUT2D eigenvalue weighted by Crippen LogP contribution is 2.21. The van der Waals surface area contributed by atoms with Gasteiger partial charge in [-0.15, -0.1) is 0 Å². The fourth-order valence-corrected chi connectivity index (χ4v) is 1.80. The maximum atomic E-state index is 4.33. The molecule has 0 radical (unpaired) electrons. The summed E-state index contributed by atoms with van der Waals surface area (Å²) in [4.78, 5) is 0. The van der Waals surface area contributed by atoms with E-state index >= 15 is 0 Å². The van der Waals surface area contributed by atoms with Gasteiger partial charge in [0.1, 0.15) is 5.82 Å². The third kappa shape index (κ3) is 1.43. The van der Waals surface area contributed by atoms with E-state index in [1.807, 2.05) is 23.5 Å². The third-order valence-electron chi connectivity index (χ3n) is 2.10. The van der Waals surface area contributed by atoms with E-state index < -0.39 is 0 Å². The molecule has 66 valence electrons. The Labute approximate surface area is 76.5 Å². The molecule has 0 unspecified atom stereocenters. The number of hydrogen-bond donors (Lipinski definition) is 1. The first-order valence-corrected chi connectivity index (χ1v) is 5.26. The molecule has 2 heterocycles. The Hall–Kier alpha value is -0.640. The van der Waals surface area contributed by atoms with Crippen LogP contribution in [0.1, 0.15) is 5.69 Å². The maximum absolute atomic E-state index is 4.33. The molecule has 0 atom stereocenters. The number of aromatic nitrogens is 2. The number of anilines is 1. The topological polar surface area (TPSA) is 29.9 Å². The second kappa shape index (κ2) is 3.01. The summed E-state index contributed by atoms with van der Waals surface area (Å²) in [6.45, 7) is 2.06. The molecule has 0 aliphatic carbocycles. The lowest BCUT2D eigenvalue weighted by atomic mass is 10.3. The molecule has 1 aliphatic rings. The van der Waals surface area contributed by atoms with Crippen molar-refractivity contribution in [3.05, 3.63) is 11.8 Å². The van der Waals surface area contributed by atoms with Gasteiger partial charge in [-0.1, -0.05) is 0 Å². The zero-order valence-corrected chi connectivity index (χ0v) is 8.19.